The summed E-state index contributed by atoms with van der Waals surface area (Å²) in [6, 6.07) is 7.20. The first kappa shape index (κ1) is 16.8. The number of hydrogen-bond acceptors (Lipinski definition) is 3. The highest BCUT2D eigenvalue weighted by Crippen LogP contribution is 2.13. The minimum atomic E-state index is -1.46. The third kappa shape index (κ3) is 4.71. The summed E-state index contributed by atoms with van der Waals surface area (Å²) < 4.78 is 37.9. The van der Waals surface area contributed by atoms with Gasteiger partial charge in [0.2, 0.25) is 5.91 Å². The summed E-state index contributed by atoms with van der Waals surface area (Å²) in [5, 5.41) is 1.93. The van der Waals surface area contributed by atoms with Crippen molar-refractivity contribution < 1.29 is 17.8 Å². The molecule has 0 aliphatic heterocycles. The van der Waals surface area contributed by atoms with Crippen LogP contribution in [0.3, 0.4) is 0 Å². The number of carbonyl (C=O) groups excluding carboxylic acids is 1. The van der Waals surface area contributed by atoms with E-state index in [1.807, 2.05) is 17.5 Å². The molecule has 0 radical (unpaired) electrons. The monoisotopic (exact) mass is 343 g/mol. The Hall–Kier alpha value is -1.60. The molecule has 3 nitrogen and oxygen atoms in total. The SMILES string of the molecule is CN(Cc1cccs1)C(=O)C[S@@](=O)Cc1ccc(F)c(F)c1. The number of thiophene rings is 1. The van der Waals surface area contributed by atoms with E-state index in [0.717, 1.165) is 17.0 Å². The maximum absolute atomic E-state index is 13.1. The standard InChI is InChI=1S/C15H15F2NO2S2/c1-18(8-12-3-2-6-21-12)15(19)10-22(20)9-11-4-5-13(16)14(17)7-11/h2-7H,8-10H2,1H3/t22-/m0/s1. The van der Waals surface area contributed by atoms with Crippen LogP contribution in [0, 0.1) is 11.6 Å². The molecule has 118 valence electrons. The Kier molecular flexibility index (Phi) is 5.79. The summed E-state index contributed by atoms with van der Waals surface area (Å²) in [5.41, 5.74) is 0.408. The summed E-state index contributed by atoms with van der Waals surface area (Å²) in [4.78, 5) is 14.5. The van der Waals surface area contributed by atoms with E-state index in [-0.39, 0.29) is 17.4 Å². The fourth-order valence-corrected chi connectivity index (χ4v) is 3.75. The number of carbonyl (C=O) groups is 1. The molecule has 0 aliphatic rings. The van der Waals surface area contributed by atoms with Crippen molar-refractivity contribution in [1.82, 2.24) is 4.90 Å². The van der Waals surface area contributed by atoms with Crippen LogP contribution in [0.2, 0.25) is 0 Å². The predicted molar refractivity (Wildman–Crippen MR) is 83.9 cm³/mol. The molecular formula is C15H15F2NO2S2. The van der Waals surface area contributed by atoms with Gasteiger partial charge in [-0.15, -0.1) is 11.3 Å². The van der Waals surface area contributed by atoms with Gasteiger partial charge in [-0.3, -0.25) is 9.00 Å². The van der Waals surface area contributed by atoms with Gasteiger partial charge < -0.3 is 4.90 Å². The molecule has 2 aromatic rings. The first-order chi connectivity index (χ1) is 10.5. The van der Waals surface area contributed by atoms with Crippen molar-refractivity contribution in [1.29, 1.82) is 0 Å². The molecule has 0 saturated heterocycles. The van der Waals surface area contributed by atoms with Gasteiger partial charge in [-0.1, -0.05) is 12.1 Å². The van der Waals surface area contributed by atoms with Crippen molar-refractivity contribution in [3.8, 4) is 0 Å². The normalized spacial score (nSPS) is 12.1. The van der Waals surface area contributed by atoms with Gasteiger partial charge in [-0.25, -0.2) is 8.78 Å². The molecule has 0 fully saturated rings. The maximum atomic E-state index is 13.1. The molecule has 2 rings (SSSR count). The van der Waals surface area contributed by atoms with Crippen LogP contribution < -0.4 is 0 Å². The van der Waals surface area contributed by atoms with Crippen LogP contribution >= 0.6 is 11.3 Å². The fourth-order valence-electron chi connectivity index (χ4n) is 1.84. The lowest BCUT2D eigenvalue weighted by atomic mass is 10.2. The summed E-state index contributed by atoms with van der Waals surface area (Å²) in [6.45, 7) is 0.471. The van der Waals surface area contributed by atoms with Gasteiger partial charge in [0, 0.05) is 28.5 Å². The topological polar surface area (TPSA) is 37.4 Å². The highest BCUT2D eigenvalue weighted by Gasteiger charge is 2.14. The molecular weight excluding hydrogens is 328 g/mol. The molecule has 1 heterocycles. The molecule has 0 saturated carbocycles. The smallest absolute Gasteiger partial charge is 0.235 e. The Morgan fingerprint density at radius 2 is 2.05 bits per heavy atom. The zero-order chi connectivity index (χ0) is 16.1. The lowest BCUT2D eigenvalue weighted by molar-refractivity contribution is -0.127. The van der Waals surface area contributed by atoms with Gasteiger partial charge >= 0.3 is 0 Å². The van der Waals surface area contributed by atoms with E-state index in [1.54, 1.807) is 18.4 Å². The third-order valence-electron chi connectivity index (χ3n) is 2.99. The third-order valence-corrected chi connectivity index (χ3v) is 5.08. The van der Waals surface area contributed by atoms with Crippen molar-refractivity contribution in [2.45, 2.75) is 12.3 Å². The second kappa shape index (κ2) is 7.60. The lowest BCUT2D eigenvalue weighted by Crippen LogP contribution is -2.30. The van der Waals surface area contributed by atoms with Crippen LogP contribution in [-0.4, -0.2) is 27.8 Å². The van der Waals surface area contributed by atoms with Gasteiger partial charge in [0.05, 0.1) is 6.54 Å². The molecule has 0 N–H and O–H groups in total. The quantitative estimate of drug-likeness (QED) is 0.809. The summed E-state index contributed by atoms with van der Waals surface area (Å²) in [5.74, 6) is -2.28. The van der Waals surface area contributed by atoms with Crippen molar-refractivity contribution in [2.75, 3.05) is 12.8 Å². The Morgan fingerprint density at radius 1 is 1.27 bits per heavy atom. The van der Waals surface area contributed by atoms with Gasteiger partial charge in [-0.2, -0.15) is 0 Å². The lowest BCUT2D eigenvalue weighted by Gasteiger charge is -2.16. The molecule has 0 unspecified atom stereocenters. The summed E-state index contributed by atoms with van der Waals surface area (Å²) in [6.07, 6.45) is 0. The molecule has 1 aromatic heterocycles. The summed E-state index contributed by atoms with van der Waals surface area (Å²) >= 11 is 1.55. The van der Waals surface area contributed by atoms with Crippen LogP contribution in [0.15, 0.2) is 35.7 Å². The number of halogens is 2. The zero-order valence-electron chi connectivity index (χ0n) is 11.9. The number of amides is 1. The predicted octanol–water partition coefficient (Wildman–Crippen LogP) is 2.93. The molecule has 0 aliphatic carbocycles. The van der Waals surface area contributed by atoms with E-state index in [4.69, 9.17) is 0 Å². The number of nitrogens with zero attached hydrogens (tertiary/aromatic N) is 1. The van der Waals surface area contributed by atoms with Crippen molar-refractivity contribution >= 4 is 28.0 Å². The highest BCUT2D eigenvalue weighted by atomic mass is 32.2. The molecule has 22 heavy (non-hydrogen) atoms. The largest absolute Gasteiger partial charge is 0.340 e. The van der Waals surface area contributed by atoms with Gasteiger partial charge in [0.25, 0.3) is 0 Å². The van der Waals surface area contributed by atoms with Crippen molar-refractivity contribution in [2.24, 2.45) is 0 Å². The Morgan fingerprint density at radius 3 is 2.68 bits per heavy atom. The van der Waals surface area contributed by atoms with Crippen molar-refractivity contribution in [3.63, 3.8) is 0 Å². The highest BCUT2D eigenvalue weighted by molar-refractivity contribution is 7.84. The van der Waals surface area contributed by atoms with Crippen LogP contribution in [0.4, 0.5) is 8.78 Å². The molecule has 0 spiro atoms. The summed E-state index contributed by atoms with van der Waals surface area (Å²) in [7, 11) is 0.188. The molecule has 1 aromatic carbocycles. The molecule has 1 atom stereocenters. The van der Waals surface area contributed by atoms with Gasteiger partial charge in [-0.05, 0) is 29.1 Å². The van der Waals surface area contributed by atoms with Gasteiger partial charge in [0.15, 0.2) is 11.6 Å². The van der Waals surface area contributed by atoms with Crippen molar-refractivity contribution in [3.05, 3.63) is 57.8 Å². The van der Waals surface area contributed by atoms with Gasteiger partial charge in [0.1, 0.15) is 5.75 Å². The Balaban J connectivity index is 1.87. The van der Waals surface area contributed by atoms with E-state index in [1.165, 1.54) is 11.0 Å². The van der Waals surface area contributed by atoms with Crippen LogP contribution in [-0.2, 0) is 27.9 Å². The van der Waals surface area contributed by atoms with Crippen LogP contribution in [0.1, 0.15) is 10.4 Å². The van der Waals surface area contributed by atoms with Crippen LogP contribution in [0.5, 0.6) is 0 Å². The number of benzene rings is 1. The first-order valence-corrected chi connectivity index (χ1v) is 8.87. The maximum Gasteiger partial charge on any atom is 0.235 e. The minimum Gasteiger partial charge on any atom is -0.340 e. The number of hydrogen-bond donors (Lipinski definition) is 0. The van der Waals surface area contributed by atoms with E-state index in [0.29, 0.717) is 12.1 Å². The first-order valence-electron chi connectivity index (χ1n) is 6.51. The second-order valence-electron chi connectivity index (χ2n) is 4.81. The fraction of sp³-hybridized carbons (Fsp3) is 0.267. The average molecular weight is 343 g/mol. The van der Waals surface area contributed by atoms with Crippen LogP contribution in [0.25, 0.3) is 0 Å². The van der Waals surface area contributed by atoms with E-state index in [2.05, 4.69) is 0 Å². The number of rotatable bonds is 6. The van der Waals surface area contributed by atoms with E-state index >= 15 is 0 Å². The molecule has 7 heteroatoms. The molecule has 0 bridgehead atoms. The Labute approximate surface area is 134 Å². The average Bonchev–Trinajstić information content (AvgIpc) is 2.95. The molecule has 1 amide bonds. The zero-order valence-corrected chi connectivity index (χ0v) is 13.6. The second-order valence-corrected chi connectivity index (χ2v) is 7.30. The minimum absolute atomic E-state index is 0.0236. The van der Waals surface area contributed by atoms with E-state index in [9.17, 15) is 17.8 Å². The van der Waals surface area contributed by atoms with E-state index < -0.39 is 22.4 Å². The Bertz CT molecular complexity index is 674.